The molecule has 0 N–H and O–H groups in total. The molecule has 2 bridgehead atoms. The number of ether oxygens (including phenoxy) is 1. The van der Waals surface area contributed by atoms with E-state index in [1.54, 1.807) is 0 Å². The third kappa shape index (κ3) is 3.91. The number of rotatable bonds is 4. The van der Waals surface area contributed by atoms with E-state index in [0.29, 0.717) is 22.2 Å². The first-order chi connectivity index (χ1) is 13.2. The van der Waals surface area contributed by atoms with Gasteiger partial charge >= 0.3 is 0 Å². The van der Waals surface area contributed by atoms with Crippen molar-refractivity contribution in [2.45, 2.75) is 46.1 Å². The van der Waals surface area contributed by atoms with Gasteiger partial charge in [0.15, 0.2) is 6.61 Å². The molecular weight excluding hydrogens is 370 g/mol. The Morgan fingerprint density at radius 2 is 1.86 bits per heavy atom. The van der Waals surface area contributed by atoms with Crippen molar-refractivity contribution in [1.82, 2.24) is 4.90 Å². The van der Waals surface area contributed by atoms with Crippen LogP contribution in [0.15, 0.2) is 48.5 Å². The van der Waals surface area contributed by atoms with Crippen molar-refractivity contribution >= 4 is 17.5 Å². The fourth-order valence-corrected chi connectivity index (χ4v) is 5.64. The van der Waals surface area contributed by atoms with Gasteiger partial charge in [0.05, 0.1) is 5.02 Å². The number of likely N-dealkylation sites (tertiary alicyclic amines) is 1. The Morgan fingerprint density at radius 1 is 1.11 bits per heavy atom. The molecule has 2 aromatic carbocycles. The van der Waals surface area contributed by atoms with Gasteiger partial charge in [0.1, 0.15) is 5.75 Å². The molecule has 1 saturated carbocycles. The van der Waals surface area contributed by atoms with E-state index in [2.05, 4.69) is 20.8 Å². The van der Waals surface area contributed by atoms with Gasteiger partial charge in [-0.25, -0.2) is 0 Å². The number of nitrogens with zero attached hydrogens (tertiary/aromatic N) is 1. The number of carbonyl (C=O) groups is 1. The average molecular weight is 398 g/mol. The SMILES string of the molecule is CC1(C)C[C@@H]2C[C@](C)(CN2C(=O)COc2ccc(-c3ccccc3)cc2Cl)C1. The lowest BCUT2D eigenvalue weighted by Crippen LogP contribution is -2.40. The predicted octanol–water partition coefficient (Wildman–Crippen LogP) is 5.81. The van der Waals surface area contributed by atoms with Crippen molar-refractivity contribution in [3.63, 3.8) is 0 Å². The first-order valence-electron chi connectivity index (χ1n) is 10.0. The van der Waals surface area contributed by atoms with E-state index in [-0.39, 0.29) is 17.9 Å². The average Bonchev–Trinajstić information content (AvgIpc) is 2.90. The third-order valence-electron chi connectivity index (χ3n) is 6.13. The number of fused-ring (bicyclic) bond motifs is 2. The quantitative estimate of drug-likeness (QED) is 0.651. The summed E-state index contributed by atoms with van der Waals surface area (Å²) in [7, 11) is 0. The van der Waals surface area contributed by atoms with Crippen LogP contribution in [0.4, 0.5) is 0 Å². The zero-order valence-corrected chi connectivity index (χ0v) is 17.6. The van der Waals surface area contributed by atoms with Crippen LogP contribution in [0, 0.1) is 10.8 Å². The van der Waals surface area contributed by atoms with Crippen LogP contribution >= 0.6 is 11.6 Å². The molecule has 2 aromatic rings. The number of hydrogen-bond donors (Lipinski definition) is 0. The maximum Gasteiger partial charge on any atom is 0.260 e. The van der Waals surface area contributed by atoms with Gasteiger partial charge < -0.3 is 9.64 Å². The summed E-state index contributed by atoms with van der Waals surface area (Å²) < 4.78 is 5.81. The summed E-state index contributed by atoms with van der Waals surface area (Å²) in [6, 6.07) is 16.1. The lowest BCUT2D eigenvalue weighted by molar-refractivity contribution is -0.134. The molecule has 1 aliphatic heterocycles. The van der Waals surface area contributed by atoms with Gasteiger partial charge in [-0.2, -0.15) is 0 Å². The Balaban J connectivity index is 1.42. The Kier molecular flexibility index (Phi) is 4.91. The molecule has 1 aliphatic carbocycles. The summed E-state index contributed by atoms with van der Waals surface area (Å²) in [4.78, 5) is 14.9. The zero-order chi connectivity index (χ0) is 19.9. The van der Waals surface area contributed by atoms with E-state index in [1.807, 2.05) is 53.4 Å². The Morgan fingerprint density at radius 3 is 2.57 bits per heavy atom. The highest BCUT2D eigenvalue weighted by molar-refractivity contribution is 6.32. The van der Waals surface area contributed by atoms with Crippen molar-refractivity contribution < 1.29 is 9.53 Å². The lowest BCUT2D eigenvalue weighted by Gasteiger charge is -2.39. The minimum atomic E-state index is 0.0391. The summed E-state index contributed by atoms with van der Waals surface area (Å²) in [5.74, 6) is 0.623. The van der Waals surface area contributed by atoms with E-state index < -0.39 is 0 Å². The summed E-state index contributed by atoms with van der Waals surface area (Å²) >= 11 is 6.42. The Labute approximate surface area is 172 Å². The molecule has 2 atom stereocenters. The molecule has 2 fully saturated rings. The van der Waals surface area contributed by atoms with E-state index in [4.69, 9.17) is 16.3 Å². The summed E-state index contributed by atoms with van der Waals surface area (Å²) in [5.41, 5.74) is 2.67. The molecule has 0 unspecified atom stereocenters. The first kappa shape index (κ1) is 19.3. The molecule has 1 saturated heterocycles. The van der Waals surface area contributed by atoms with Crippen LogP contribution in [-0.4, -0.2) is 30.0 Å². The monoisotopic (exact) mass is 397 g/mol. The van der Waals surface area contributed by atoms with E-state index in [1.165, 1.54) is 6.42 Å². The molecule has 2 aliphatic rings. The molecule has 4 heteroatoms. The molecule has 0 aromatic heterocycles. The molecule has 148 valence electrons. The van der Waals surface area contributed by atoms with Crippen molar-refractivity contribution in [1.29, 1.82) is 0 Å². The van der Waals surface area contributed by atoms with Crippen molar-refractivity contribution in [2.24, 2.45) is 10.8 Å². The molecule has 0 spiro atoms. The largest absolute Gasteiger partial charge is 0.482 e. The normalized spacial score (nSPS) is 25.6. The number of hydrogen-bond acceptors (Lipinski definition) is 2. The maximum atomic E-state index is 12.9. The highest BCUT2D eigenvalue weighted by Gasteiger charge is 2.50. The van der Waals surface area contributed by atoms with E-state index in [0.717, 1.165) is 30.5 Å². The highest BCUT2D eigenvalue weighted by Crippen LogP contribution is 2.52. The second-order valence-electron chi connectivity index (χ2n) is 9.54. The molecule has 3 nitrogen and oxygen atoms in total. The lowest BCUT2D eigenvalue weighted by atomic mass is 9.65. The summed E-state index contributed by atoms with van der Waals surface area (Å²) in [6.45, 7) is 7.82. The second kappa shape index (κ2) is 7.11. The van der Waals surface area contributed by atoms with Crippen LogP contribution in [0.2, 0.25) is 5.02 Å². The van der Waals surface area contributed by atoms with Crippen LogP contribution in [0.5, 0.6) is 5.75 Å². The van der Waals surface area contributed by atoms with Gasteiger partial charge in [0.2, 0.25) is 0 Å². The smallest absolute Gasteiger partial charge is 0.260 e. The third-order valence-corrected chi connectivity index (χ3v) is 6.42. The van der Waals surface area contributed by atoms with Crippen LogP contribution in [0.25, 0.3) is 11.1 Å². The van der Waals surface area contributed by atoms with Crippen LogP contribution in [0.3, 0.4) is 0 Å². The van der Waals surface area contributed by atoms with Gasteiger partial charge in [0.25, 0.3) is 5.91 Å². The van der Waals surface area contributed by atoms with Gasteiger partial charge in [-0.1, -0.05) is 68.8 Å². The molecule has 1 heterocycles. The zero-order valence-electron chi connectivity index (χ0n) is 16.9. The summed E-state index contributed by atoms with van der Waals surface area (Å²) in [6.07, 6.45) is 3.35. The maximum absolute atomic E-state index is 12.9. The summed E-state index contributed by atoms with van der Waals surface area (Å²) in [5, 5.41) is 0.530. The topological polar surface area (TPSA) is 29.5 Å². The molecule has 4 rings (SSSR count). The minimum Gasteiger partial charge on any atom is -0.482 e. The predicted molar refractivity (Wildman–Crippen MR) is 114 cm³/mol. The number of amides is 1. The molecule has 28 heavy (non-hydrogen) atoms. The van der Waals surface area contributed by atoms with Gasteiger partial charge in [-0.05, 0) is 53.4 Å². The van der Waals surface area contributed by atoms with Crippen LogP contribution in [-0.2, 0) is 4.79 Å². The van der Waals surface area contributed by atoms with Crippen molar-refractivity contribution in [3.8, 4) is 16.9 Å². The van der Waals surface area contributed by atoms with E-state index >= 15 is 0 Å². The molecular formula is C24H28ClNO2. The fraction of sp³-hybridized carbons (Fsp3) is 0.458. The molecule has 1 amide bonds. The second-order valence-corrected chi connectivity index (χ2v) is 9.94. The molecule has 0 radical (unpaired) electrons. The number of carbonyl (C=O) groups excluding carboxylic acids is 1. The van der Waals surface area contributed by atoms with Gasteiger partial charge in [-0.15, -0.1) is 0 Å². The highest BCUT2D eigenvalue weighted by atomic mass is 35.5. The Hall–Kier alpha value is -2.00. The standard InChI is InChI=1S/C24H28ClNO2/c1-23(2)12-19-13-24(3,15-23)16-26(19)22(27)14-28-21-10-9-18(11-20(21)25)17-7-5-4-6-8-17/h4-11,19H,12-16H2,1-3H3/t19-,24+/m1/s1. The Bertz CT molecular complexity index is 879. The van der Waals surface area contributed by atoms with Gasteiger partial charge in [-0.3, -0.25) is 4.79 Å². The first-order valence-corrected chi connectivity index (χ1v) is 10.4. The number of benzene rings is 2. The number of halogens is 1. The van der Waals surface area contributed by atoms with Gasteiger partial charge in [0, 0.05) is 12.6 Å². The van der Waals surface area contributed by atoms with Crippen LogP contribution < -0.4 is 4.74 Å². The minimum absolute atomic E-state index is 0.0391. The van der Waals surface area contributed by atoms with Crippen molar-refractivity contribution in [2.75, 3.05) is 13.2 Å². The van der Waals surface area contributed by atoms with Crippen molar-refractivity contribution in [3.05, 3.63) is 53.6 Å². The van der Waals surface area contributed by atoms with E-state index in [9.17, 15) is 4.79 Å². The fourth-order valence-electron chi connectivity index (χ4n) is 5.40. The van der Waals surface area contributed by atoms with Crippen LogP contribution in [0.1, 0.15) is 40.0 Å².